The number of pyridine rings is 1. The molecule has 1 aliphatic heterocycles. The highest BCUT2D eigenvalue weighted by Gasteiger charge is 2.30. The number of piperidine rings is 1. The first-order chi connectivity index (χ1) is 14.0. The smallest absolute Gasteiger partial charge is 0.289 e. The van der Waals surface area contributed by atoms with Crippen LogP contribution in [0.1, 0.15) is 69.9 Å². The highest BCUT2D eigenvalue weighted by Crippen LogP contribution is 2.31. The maximum absolute atomic E-state index is 12.9. The number of hydrazone groups is 1. The number of hydrogen-bond donors (Lipinski definition) is 1. The van der Waals surface area contributed by atoms with Crippen LogP contribution in [-0.4, -0.2) is 40.5 Å². The van der Waals surface area contributed by atoms with Crippen molar-refractivity contribution in [3.63, 3.8) is 0 Å². The molecule has 0 spiro atoms. The number of nitrogens with zero attached hydrogens (tertiary/aromatic N) is 3. The van der Waals surface area contributed by atoms with Crippen molar-refractivity contribution < 1.29 is 14.0 Å². The Labute approximate surface area is 177 Å². The fraction of sp³-hybridized carbons (Fsp3) is 0.429. The molecule has 0 saturated carbocycles. The minimum atomic E-state index is -0.329. The van der Waals surface area contributed by atoms with E-state index in [1.165, 1.54) is 12.6 Å². The van der Waals surface area contributed by atoms with E-state index >= 15 is 0 Å². The summed E-state index contributed by atoms with van der Waals surface area (Å²) in [5.74, 6) is 0.824. The Bertz CT molecular complexity index is 976. The molecule has 0 unspecified atom stereocenters. The van der Waals surface area contributed by atoms with Crippen molar-refractivity contribution in [2.45, 2.75) is 45.4 Å². The van der Waals surface area contributed by atoms with Gasteiger partial charge >= 0.3 is 0 Å². The molecule has 152 valence electrons. The van der Waals surface area contributed by atoms with E-state index in [2.05, 4.69) is 31.4 Å². The first-order valence-electron chi connectivity index (χ1n) is 9.94. The van der Waals surface area contributed by atoms with Gasteiger partial charge in [0.25, 0.3) is 11.8 Å². The van der Waals surface area contributed by atoms with Gasteiger partial charge < -0.3 is 9.32 Å². The number of amides is 2. The molecule has 7 nitrogen and oxygen atoms in total. The molecule has 2 aliphatic rings. The largest absolute Gasteiger partial charge is 0.455 e. The van der Waals surface area contributed by atoms with Crippen LogP contribution in [0.3, 0.4) is 0 Å². The normalized spacial score (nSPS) is 17.9. The van der Waals surface area contributed by atoms with Crippen molar-refractivity contribution in [1.29, 1.82) is 0 Å². The van der Waals surface area contributed by atoms with Gasteiger partial charge in [0.2, 0.25) is 0 Å². The van der Waals surface area contributed by atoms with Crippen LogP contribution in [0.15, 0.2) is 32.5 Å². The summed E-state index contributed by atoms with van der Waals surface area (Å²) in [7, 11) is 0. The Kier molecular flexibility index (Phi) is 5.80. The number of hydrogen-bond acceptors (Lipinski definition) is 5. The quantitative estimate of drug-likeness (QED) is 0.707. The lowest BCUT2D eigenvalue weighted by Gasteiger charge is -2.25. The lowest BCUT2D eigenvalue weighted by Crippen LogP contribution is -2.35. The van der Waals surface area contributed by atoms with Gasteiger partial charge in [0.05, 0.1) is 11.3 Å². The first-order valence-corrected chi connectivity index (χ1v) is 10.7. The average molecular weight is 459 g/mol. The van der Waals surface area contributed by atoms with E-state index in [-0.39, 0.29) is 11.8 Å². The summed E-state index contributed by atoms with van der Waals surface area (Å²) >= 11 is 3.31. The number of carbonyl (C=O) groups excluding carboxylic acids is 2. The number of fused-ring (bicyclic) bond motifs is 1. The molecule has 0 bridgehead atoms. The fourth-order valence-electron chi connectivity index (χ4n) is 3.94. The molecule has 3 heterocycles. The van der Waals surface area contributed by atoms with E-state index in [4.69, 9.17) is 4.42 Å². The van der Waals surface area contributed by atoms with Gasteiger partial charge in [-0.25, -0.2) is 5.43 Å². The summed E-state index contributed by atoms with van der Waals surface area (Å²) in [6, 6.07) is 1.69. The molecule has 1 aliphatic carbocycles. The number of halogens is 1. The highest BCUT2D eigenvalue weighted by atomic mass is 79.9. The monoisotopic (exact) mass is 458 g/mol. The number of likely N-dealkylation sites (tertiary alicyclic amines) is 1. The number of carbonyl (C=O) groups is 2. The third-order valence-electron chi connectivity index (χ3n) is 5.42. The maximum Gasteiger partial charge on any atom is 0.289 e. The van der Waals surface area contributed by atoms with Crippen LogP contribution >= 0.6 is 15.9 Å². The van der Waals surface area contributed by atoms with Gasteiger partial charge in [0.15, 0.2) is 5.76 Å². The van der Waals surface area contributed by atoms with Crippen molar-refractivity contribution >= 4 is 33.5 Å². The lowest BCUT2D eigenvalue weighted by molar-refractivity contribution is 0.0689. The van der Waals surface area contributed by atoms with Gasteiger partial charge in [-0.05, 0) is 61.0 Å². The number of aromatic nitrogens is 1. The van der Waals surface area contributed by atoms with Crippen molar-refractivity contribution in [2.75, 3.05) is 13.1 Å². The summed E-state index contributed by atoms with van der Waals surface area (Å²) in [6.07, 6.45) is 8.71. The van der Waals surface area contributed by atoms with Crippen LogP contribution in [0.2, 0.25) is 0 Å². The number of furan rings is 1. The Morgan fingerprint density at radius 1 is 1.17 bits per heavy atom. The standard InChI is InChI=1S/C21H23BrN4O3/c1-13-18-16(24-25-20(27)14-10-15(22)12-23-11-14)6-5-7-17(18)29-19(13)21(28)26-8-3-2-4-9-26/h10-12H,2-9H2,1H3,(H,25,27)/b24-16+. The van der Waals surface area contributed by atoms with E-state index in [1.54, 1.807) is 12.3 Å². The topological polar surface area (TPSA) is 87.8 Å². The second-order valence-electron chi connectivity index (χ2n) is 7.45. The Morgan fingerprint density at radius 2 is 1.97 bits per heavy atom. The lowest BCUT2D eigenvalue weighted by atomic mass is 9.93. The van der Waals surface area contributed by atoms with Crippen molar-refractivity contribution in [3.05, 3.63) is 51.1 Å². The molecule has 4 rings (SSSR count). The first kappa shape index (κ1) is 19.8. The predicted octanol–water partition coefficient (Wildman–Crippen LogP) is 3.84. The molecule has 8 heteroatoms. The third kappa shape index (κ3) is 4.12. The van der Waals surface area contributed by atoms with Crippen molar-refractivity contribution in [3.8, 4) is 0 Å². The third-order valence-corrected chi connectivity index (χ3v) is 5.86. The van der Waals surface area contributed by atoms with Crippen LogP contribution in [0, 0.1) is 6.92 Å². The summed E-state index contributed by atoms with van der Waals surface area (Å²) < 4.78 is 6.71. The molecule has 2 aromatic heterocycles. The van der Waals surface area contributed by atoms with Crippen LogP contribution in [0.25, 0.3) is 0 Å². The van der Waals surface area contributed by atoms with Crippen LogP contribution in [-0.2, 0) is 6.42 Å². The van der Waals surface area contributed by atoms with Gasteiger partial charge in [-0.1, -0.05) is 0 Å². The molecule has 2 amide bonds. The van der Waals surface area contributed by atoms with Gasteiger partial charge in [0, 0.05) is 47.5 Å². The number of nitrogens with one attached hydrogen (secondary N) is 1. The molecule has 0 atom stereocenters. The zero-order chi connectivity index (χ0) is 20.4. The van der Waals surface area contributed by atoms with Gasteiger partial charge in [-0.2, -0.15) is 5.10 Å². The van der Waals surface area contributed by atoms with Crippen molar-refractivity contribution in [2.24, 2.45) is 5.10 Å². The minimum Gasteiger partial charge on any atom is -0.455 e. The highest BCUT2D eigenvalue weighted by molar-refractivity contribution is 9.10. The Hall–Kier alpha value is -2.48. The zero-order valence-electron chi connectivity index (χ0n) is 16.3. The van der Waals surface area contributed by atoms with E-state index in [9.17, 15) is 9.59 Å². The van der Waals surface area contributed by atoms with Crippen LogP contribution in [0.4, 0.5) is 0 Å². The molecule has 2 aromatic rings. The molecule has 1 N–H and O–H groups in total. The predicted molar refractivity (Wildman–Crippen MR) is 112 cm³/mol. The van der Waals surface area contributed by atoms with Gasteiger partial charge in [-0.15, -0.1) is 0 Å². The molecule has 0 radical (unpaired) electrons. The zero-order valence-corrected chi connectivity index (χ0v) is 17.9. The molecule has 0 aromatic carbocycles. The second kappa shape index (κ2) is 8.49. The van der Waals surface area contributed by atoms with Gasteiger partial charge in [0.1, 0.15) is 5.76 Å². The molecular weight excluding hydrogens is 436 g/mol. The molecular formula is C21H23BrN4O3. The molecule has 29 heavy (non-hydrogen) atoms. The van der Waals surface area contributed by atoms with Crippen molar-refractivity contribution in [1.82, 2.24) is 15.3 Å². The molecule has 1 fully saturated rings. The van der Waals surface area contributed by atoms with E-state index in [0.717, 1.165) is 72.3 Å². The number of rotatable bonds is 3. The summed E-state index contributed by atoms with van der Waals surface area (Å²) in [5.41, 5.74) is 5.47. The van der Waals surface area contributed by atoms with Gasteiger partial charge in [-0.3, -0.25) is 14.6 Å². The van der Waals surface area contributed by atoms with Crippen LogP contribution < -0.4 is 5.43 Å². The molecule has 1 saturated heterocycles. The second-order valence-corrected chi connectivity index (χ2v) is 8.37. The van der Waals surface area contributed by atoms with E-state index < -0.39 is 0 Å². The fourth-order valence-corrected chi connectivity index (χ4v) is 4.31. The maximum atomic E-state index is 12.9. The number of aryl methyl sites for hydroxylation is 1. The van der Waals surface area contributed by atoms with E-state index in [0.29, 0.717) is 11.3 Å². The summed E-state index contributed by atoms with van der Waals surface area (Å²) in [5, 5.41) is 4.37. The Morgan fingerprint density at radius 3 is 2.72 bits per heavy atom. The SMILES string of the molecule is Cc1c(C(=O)N2CCCCC2)oc2c1/C(=N/NC(=O)c1cncc(Br)c1)CCC2. The Balaban J connectivity index is 1.57. The minimum absolute atomic E-state index is 0.0415. The van der Waals surface area contributed by atoms with E-state index in [1.807, 2.05) is 11.8 Å². The summed E-state index contributed by atoms with van der Waals surface area (Å²) in [4.78, 5) is 31.2. The summed E-state index contributed by atoms with van der Waals surface area (Å²) in [6.45, 7) is 3.46. The average Bonchev–Trinajstić information content (AvgIpc) is 3.09. The van der Waals surface area contributed by atoms with Crippen LogP contribution in [0.5, 0.6) is 0 Å².